The molecule has 2 heterocycles. The Bertz CT molecular complexity index is 1220. The maximum Gasteiger partial charge on any atom is 0.329 e. The lowest BCUT2D eigenvalue weighted by atomic mass is 10.2. The summed E-state index contributed by atoms with van der Waals surface area (Å²) in [5, 5.41) is 3.81. The van der Waals surface area contributed by atoms with Gasteiger partial charge in [-0.25, -0.2) is 4.79 Å². The van der Waals surface area contributed by atoms with Crippen LogP contribution in [-0.2, 0) is 22.6 Å². The number of nitrogens with zero attached hydrogens (tertiary/aromatic N) is 2. The summed E-state index contributed by atoms with van der Waals surface area (Å²) in [4.78, 5) is 24.9. The molecule has 0 saturated carbocycles. The zero-order valence-corrected chi connectivity index (χ0v) is 16.9. The normalized spacial score (nSPS) is 11.4. The van der Waals surface area contributed by atoms with Gasteiger partial charge in [0, 0.05) is 16.3 Å². The van der Waals surface area contributed by atoms with E-state index in [9.17, 15) is 9.59 Å². The third kappa shape index (κ3) is 3.45. The standard InChI is InChI=1S/C21H19ClN2O3S/c1-2-27-20(25)9-10-23-17-5-3-4-6-18(17)24(21(23)26)12-14-13-28-19-8-7-15(22)11-16(14)19/h3-8,11,13H,2,9-10,12H2,1H3. The predicted octanol–water partition coefficient (Wildman–Crippen LogP) is 4.67. The van der Waals surface area contributed by atoms with Gasteiger partial charge in [0.25, 0.3) is 0 Å². The van der Waals surface area contributed by atoms with Crippen LogP contribution in [-0.4, -0.2) is 21.7 Å². The second-order valence-electron chi connectivity index (χ2n) is 6.47. The third-order valence-electron chi connectivity index (χ3n) is 4.71. The molecular weight excluding hydrogens is 396 g/mol. The number of carbonyl (C=O) groups excluding carboxylic acids is 1. The highest BCUT2D eigenvalue weighted by atomic mass is 35.5. The first-order valence-electron chi connectivity index (χ1n) is 9.08. The van der Waals surface area contributed by atoms with Crippen molar-refractivity contribution in [3.63, 3.8) is 0 Å². The number of benzene rings is 2. The van der Waals surface area contributed by atoms with Crippen LogP contribution in [0.15, 0.2) is 52.6 Å². The summed E-state index contributed by atoms with van der Waals surface area (Å²) in [5.41, 5.74) is 2.58. The molecule has 0 aliphatic heterocycles. The van der Waals surface area contributed by atoms with Gasteiger partial charge in [-0.15, -0.1) is 11.3 Å². The summed E-state index contributed by atoms with van der Waals surface area (Å²) < 4.78 is 9.53. The summed E-state index contributed by atoms with van der Waals surface area (Å²) in [6.07, 6.45) is 0.165. The molecule has 144 valence electrons. The average molecular weight is 415 g/mol. The number of fused-ring (bicyclic) bond motifs is 2. The monoisotopic (exact) mass is 414 g/mol. The number of aromatic nitrogens is 2. The maximum absolute atomic E-state index is 13.1. The molecule has 2 aromatic carbocycles. The quantitative estimate of drug-likeness (QED) is 0.431. The molecule has 2 aromatic heterocycles. The topological polar surface area (TPSA) is 53.2 Å². The molecule has 0 aliphatic carbocycles. The van der Waals surface area contributed by atoms with Gasteiger partial charge in [-0.3, -0.25) is 13.9 Å². The van der Waals surface area contributed by atoms with Crippen LogP contribution in [0.4, 0.5) is 0 Å². The molecule has 5 nitrogen and oxygen atoms in total. The van der Waals surface area contributed by atoms with Crippen LogP contribution in [0.1, 0.15) is 18.9 Å². The SMILES string of the molecule is CCOC(=O)CCn1c(=O)n(Cc2csc3ccc(Cl)cc23)c2ccccc21. The molecule has 0 N–H and O–H groups in total. The molecule has 0 radical (unpaired) electrons. The third-order valence-corrected chi connectivity index (χ3v) is 5.96. The van der Waals surface area contributed by atoms with Gasteiger partial charge in [0.2, 0.25) is 0 Å². The summed E-state index contributed by atoms with van der Waals surface area (Å²) in [7, 11) is 0. The van der Waals surface area contributed by atoms with Crippen LogP contribution in [0.3, 0.4) is 0 Å². The zero-order valence-electron chi connectivity index (χ0n) is 15.4. The molecule has 0 atom stereocenters. The van der Waals surface area contributed by atoms with Crippen LogP contribution in [0.2, 0.25) is 5.02 Å². The minimum Gasteiger partial charge on any atom is -0.466 e. The van der Waals surface area contributed by atoms with Gasteiger partial charge in [0.15, 0.2) is 0 Å². The number of ether oxygens (including phenoxy) is 1. The van der Waals surface area contributed by atoms with Crippen molar-refractivity contribution in [3.8, 4) is 0 Å². The van der Waals surface area contributed by atoms with E-state index in [2.05, 4.69) is 5.38 Å². The molecule has 0 saturated heterocycles. The summed E-state index contributed by atoms with van der Waals surface area (Å²) in [6.45, 7) is 2.85. The molecule has 7 heteroatoms. The van der Waals surface area contributed by atoms with Crippen molar-refractivity contribution in [1.29, 1.82) is 0 Å². The van der Waals surface area contributed by atoms with Gasteiger partial charge in [0.1, 0.15) is 0 Å². The highest BCUT2D eigenvalue weighted by Gasteiger charge is 2.16. The smallest absolute Gasteiger partial charge is 0.329 e. The lowest BCUT2D eigenvalue weighted by molar-refractivity contribution is -0.143. The maximum atomic E-state index is 13.1. The molecule has 0 bridgehead atoms. The number of thiophene rings is 1. The Balaban J connectivity index is 1.75. The number of esters is 1. The van der Waals surface area contributed by atoms with E-state index in [0.29, 0.717) is 24.7 Å². The van der Waals surface area contributed by atoms with Gasteiger partial charge < -0.3 is 4.74 Å². The van der Waals surface area contributed by atoms with Crippen LogP contribution in [0, 0.1) is 0 Å². The first-order chi connectivity index (χ1) is 13.6. The molecule has 0 aliphatic rings. The van der Waals surface area contributed by atoms with Crippen LogP contribution >= 0.6 is 22.9 Å². The van der Waals surface area contributed by atoms with Crippen molar-refractivity contribution in [1.82, 2.24) is 9.13 Å². The van der Waals surface area contributed by atoms with E-state index in [1.54, 1.807) is 27.4 Å². The van der Waals surface area contributed by atoms with Crippen molar-refractivity contribution in [3.05, 3.63) is 68.9 Å². The van der Waals surface area contributed by atoms with Gasteiger partial charge in [-0.2, -0.15) is 0 Å². The Morgan fingerprint density at radius 3 is 2.64 bits per heavy atom. The second-order valence-corrected chi connectivity index (χ2v) is 7.81. The number of imidazole rings is 1. The number of halogens is 1. The van der Waals surface area contributed by atoms with E-state index in [0.717, 1.165) is 26.7 Å². The van der Waals surface area contributed by atoms with Crippen molar-refractivity contribution in [2.24, 2.45) is 0 Å². The lowest BCUT2D eigenvalue weighted by Crippen LogP contribution is -2.25. The van der Waals surface area contributed by atoms with E-state index >= 15 is 0 Å². The first-order valence-corrected chi connectivity index (χ1v) is 10.3. The minimum atomic E-state index is -0.301. The van der Waals surface area contributed by atoms with Gasteiger partial charge >= 0.3 is 11.7 Å². The Morgan fingerprint density at radius 2 is 1.89 bits per heavy atom. The Kier molecular flexibility index (Phi) is 5.24. The zero-order chi connectivity index (χ0) is 19.7. The van der Waals surface area contributed by atoms with Crippen LogP contribution in [0.5, 0.6) is 0 Å². The van der Waals surface area contributed by atoms with Crippen molar-refractivity contribution < 1.29 is 9.53 Å². The van der Waals surface area contributed by atoms with E-state index in [1.165, 1.54) is 0 Å². The fourth-order valence-electron chi connectivity index (χ4n) is 3.42. The summed E-state index contributed by atoms with van der Waals surface area (Å²) in [6, 6.07) is 13.5. The first kappa shape index (κ1) is 18.8. The Labute approximate surface area is 170 Å². The van der Waals surface area contributed by atoms with Crippen molar-refractivity contribution in [2.75, 3.05) is 6.61 Å². The molecule has 0 amide bonds. The summed E-state index contributed by atoms with van der Waals surface area (Å²) >= 11 is 7.80. The molecule has 0 spiro atoms. The average Bonchev–Trinajstić information content (AvgIpc) is 3.20. The fourth-order valence-corrected chi connectivity index (χ4v) is 4.53. The molecule has 28 heavy (non-hydrogen) atoms. The molecule has 0 fully saturated rings. The minimum absolute atomic E-state index is 0.133. The lowest BCUT2D eigenvalue weighted by Gasteiger charge is -2.04. The fraction of sp³-hybridized carbons (Fsp3) is 0.238. The number of hydrogen-bond donors (Lipinski definition) is 0. The van der Waals surface area contributed by atoms with Crippen LogP contribution in [0.25, 0.3) is 21.1 Å². The molecule has 4 rings (SSSR count). The highest BCUT2D eigenvalue weighted by molar-refractivity contribution is 7.17. The van der Waals surface area contributed by atoms with Gasteiger partial charge in [0.05, 0.1) is 30.6 Å². The largest absolute Gasteiger partial charge is 0.466 e. The van der Waals surface area contributed by atoms with Crippen LogP contribution < -0.4 is 5.69 Å². The van der Waals surface area contributed by atoms with E-state index < -0.39 is 0 Å². The Hall–Kier alpha value is -2.57. The predicted molar refractivity (Wildman–Crippen MR) is 113 cm³/mol. The molecule has 0 unspecified atom stereocenters. The van der Waals surface area contributed by atoms with Gasteiger partial charge in [-0.05, 0) is 53.6 Å². The number of rotatable bonds is 6. The van der Waals surface area contributed by atoms with Crippen molar-refractivity contribution >= 4 is 50.0 Å². The van der Waals surface area contributed by atoms with E-state index in [1.807, 2.05) is 42.5 Å². The van der Waals surface area contributed by atoms with E-state index in [4.69, 9.17) is 16.3 Å². The number of para-hydroxylation sites is 2. The number of carbonyl (C=O) groups is 1. The van der Waals surface area contributed by atoms with E-state index in [-0.39, 0.29) is 18.1 Å². The number of hydrogen-bond acceptors (Lipinski definition) is 4. The van der Waals surface area contributed by atoms with Crippen molar-refractivity contribution in [2.45, 2.75) is 26.4 Å². The number of aryl methyl sites for hydroxylation is 1. The molecule has 4 aromatic rings. The molecular formula is C21H19ClN2O3S. The van der Waals surface area contributed by atoms with Gasteiger partial charge in [-0.1, -0.05) is 23.7 Å². The second kappa shape index (κ2) is 7.81. The Morgan fingerprint density at radius 1 is 1.14 bits per heavy atom. The highest BCUT2D eigenvalue weighted by Crippen LogP contribution is 2.29. The summed E-state index contributed by atoms with van der Waals surface area (Å²) in [5.74, 6) is -0.301.